The third kappa shape index (κ3) is 8.98. The Bertz CT molecular complexity index is 2240. The van der Waals surface area contributed by atoms with Crippen LogP contribution in [0.15, 0.2) is 84.9 Å². The Morgan fingerprint density at radius 2 is 0.981 bits per heavy atom. The normalized spacial score (nSPS) is 11.3. The van der Waals surface area contributed by atoms with Crippen molar-refractivity contribution in [1.82, 2.24) is 9.97 Å². The van der Waals surface area contributed by atoms with E-state index in [2.05, 4.69) is 113 Å². The second-order valence-corrected chi connectivity index (χ2v) is 17.0. The highest BCUT2D eigenvalue weighted by Gasteiger charge is 2.22. The van der Waals surface area contributed by atoms with Gasteiger partial charge in [-0.25, -0.2) is 9.97 Å². The van der Waals surface area contributed by atoms with Gasteiger partial charge in [-0.05, 0) is 79.1 Å². The predicted molar refractivity (Wildman–Crippen MR) is 244 cm³/mol. The number of nitrogens with zero attached hydrogens (tertiary/aromatic N) is 2. The van der Waals surface area contributed by atoms with Crippen molar-refractivity contribution in [3.05, 3.63) is 106 Å². The average molecular weight is 755 g/mol. The van der Waals surface area contributed by atoms with Gasteiger partial charge in [-0.3, -0.25) is 0 Å². The standard InChI is InChI=1S/C48H54N2S2.2CH4/c1-5-7-9-11-13-21-27-37-38(28-22-14-12-10-8-6-2)41-32-42(52-48(41)47-40(37)31-34(4)51-47)39-30-29-33(3)43-46(39)50-45(36-25-19-16-20-26-36)44(49-43)35-23-17-15-18-24-35;;/h15-20,23-26,29-32H,5-14,21-22,27-28H2,1-4H3;2*1H4. The minimum absolute atomic E-state index is 0. The summed E-state index contributed by atoms with van der Waals surface area (Å²) in [6, 6.07) is 30.7. The SMILES string of the molecule is C.C.CCCCCCCCc1c(CCCCCCCC)c2cc(-c3ccc(C)c4nc(-c5ccccc5)c(-c5ccccc5)nc34)sc2c2sc(C)cc12. The lowest BCUT2D eigenvalue weighted by atomic mass is 9.91. The quantitative estimate of drug-likeness (QED) is 0.0865. The molecule has 0 fully saturated rings. The fourth-order valence-corrected chi connectivity index (χ4v) is 10.4. The number of hydrogen-bond acceptors (Lipinski definition) is 4. The van der Waals surface area contributed by atoms with Crippen LogP contribution < -0.4 is 0 Å². The highest BCUT2D eigenvalue weighted by molar-refractivity contribution is 7.29. The number of rotatable bonds is 17. The van der Waals surface area contributed by atoms with Gasteiger partial charge in [0.05, 0.1) is 31.8 Å². The second-order valence-electron chi connectivity index (χ2n) is 14.7. The molecule has 4 heteroatoms. The maximum Gasteiger partial charge on any atom is 0.0984 e. The Morgan fingerprint density at radius 1 is 0.500 bits per heavy atom. The predicted octanol–water partition coefficient (Wildman–Crippen LogP) is 16.8. The number of aryl methyl sites for hydroxylation is 4. The van der Waals surface area contributed by atoms with Crippen LogP contribution in [0.3, 0.4) is 0 Å². The summed E-state index contributed by atoms with van der Waals surface area (Å²) in [5.41, 5.74) is 11.6. The Hall–Kier alpha value is -3.86. The first-order chi connectivity index (χ1) is 25.6. The van der Waals surface area contributed by atoms with Gasteiger partial charge in [-0.15, -0.1) is 22.7 Å². The zero-order valence-electron chi connectivity index (χ0n) is 31.7. The molecule has 0 saturated heterocycles. The van der Waals surface area contributed by atoms with E-state index in [0.29, 0.717) is 0 Å². The summed E-state index contributed by atoms with van der Waals surface area (Å²) in [4.78, 5) is 13.7. The lowest BCUT2D eigenvalue weighted by Crippen LogP contribution is -1.98. The molecule has 0 aliphatic rings. The summed E-state index contributed by atoms with van der Waals surface area (Å²) < 4.78 is 2.94. The Morgan fingerprint density at radius 3 is 1.54 bits per heavy atom. The van der Waals surface area contributed by atoms with Gasteiger partial charge >= 0.3 is 0 Å². The minimum atomic E-state index is 0. The summed E-state index contributed by atoms with van der Waals surface area (Å²) in [5, 5.41) is 3.00. The van der Waals surface area contributed by atoms with Crippen LogP contribution in [0.5, 0.6) is 0 Å². The molecule has 0 N–H and O–H groups in total. The van der Waals surface area contributed by atoms with Crippen LogP contribution >= 0.6 is 22.7 Å². The highest BCUT2D eigenvalue weighted by atomic mass is 32.1. The third-order valence-electron chi connectivity index (χ3n) is 10.8. The summed E-state index contributed by atoms with van der Waals surface area (Å²) in [6.07, 6.45) is 18.3. The Labute approximate surface area is 334 Å². The van der Waals surface area contributed by atoms with E-state index in [0.717, 1.165) is 39.1 Å². The summed E-state index contributed by atoms with van der Waals surface area (Å²) in [7, 11) is 0. The number of benzene rings is 4. The number of aromatic nitrogens is 2. The highest BCUT2D eigenvalue weighted by Crippen LogP contribution is 2.47. The van der Waals surface area contributed by atoms with Crippen LogP contribution in [0.4, 0.5) is 0 Å². The van der Waals surface area contributed by atoms with Gasteiger partial charge in [0.15, 0.2) is 0 Å². The van der Waals surface area contributed by atoms with Gasteiger partial charge in [0.1, 0.15) is 0 Å². The molecule has 284 valence electrons. The molecule has 0 unspecified atom stereocenters. The molecule has 0 spiro atoms. The van der Waals surface area contributed by atoms with Crippen molar-refractivity contribution >= 4 is 53.9 Å². The summed E-state index contributed by atoms with van der Waals surface area (Å²) >= 11 is 3.96. The molecule has 4 aromatic carbocycles. The summed E-state index contributed by atoms with van der Waals surface area (Å²) in [6.45, 7) is 9.09. The topological polar surface area (TPSA) is 25.8 Å². The van der Waals surface area contributed by atoms with Crippen molar-refractivity contribution < 1.29 is 0 Å². The fourth-order valence-electron chi connectivity index (χ4n) is 7.94. The fraction of sp³-hybridized carbons (Fsp3) is 0.400. The van der Waals surface area contributed by atoms with E-state index in [4.69, 9.17) is 9.97 Å². The number of thiophene rings is 2. The molecule has 54 heavy (non-hydrogen) atoms. The van der Waals surface area contributed by atoms with Crippen LogP contribution in [0.1, 0.15) is 127 Å². The van der Waals surface area contributed by atoms with Gasteiger partial charge in [0.2, 0.25) is 0 Å². The molecular weight excluding hydrogens is 693 g/mol. The van der Waals surface area contributed by atoms with Gasteiger partial charge in [-0.2, -0.15) is 0 Å². The first-order valence-electron chi connectivity index (χ1n) is 20.0. The second kappa shape index (κ2) is 19.6. The average Bonchev–Trinajstić information content (AvgIpc) is 3.79. The van der Waals surface area contributed by atoms with Crippen molar-refractivity contribution in [2.24, 2.45) is 0 Å². The molecule has 7 aromatic rings. The maximum atomic E-state index is 5.54. The van der Waals surface area contributed by atoms with Crippen LogP contribution in [0, 0.1) is 13.8 Å². The molecule has 0 aliphatic heterocycles. The molecule has 0 saturated carbocycles. The van der Waals surface area contributed by atoms with Crippen molar-refractivity contribution in [2.45, 2.75) is 132 Å². The zero-order valence-corrected chi connectivity index (χ0v) is 33.3. The van der Waals surface area contributed by atoms with Crippen LogP contribution in [-0.2, 0) is 12.8 Å². The first kappa shape index (κ1) is 41.3. The Kier molecular flexibility index (Phi) is 15.0. The van der Waals surface area contributed by atoms with Gasteiger partial charge in [-0.1, -0.05) is 166 Å². The van der Waals surface area contributed by atoms with Crippen LogP contribution in [0.25, 0.3) is 64.2 Å². The Balaban J connectivity index is 0.00000280. The van der Waals surface area contributed by atoms with Crippen molar-refractivity contribution in [2.75, 3.05) is 0 Å². The largest absolute Gasteiger partial charge is 0.244 e. The zero-order chi connectivity index (χ0) is 35.9. The molecule has 3 heterocycles. The van der Waals surface area contributed by atoms with Gasteiger partial charge in [0.25, 0.3) is 0 Å². The smallest absolute Gasteiger partial charge is 0.0984 e. The van der Waals surface area contributed by atoms with Gasteiger partial charge < -0.3 is 0 Å². The number of hydrogen-bond donors (Lipinski definition) is 0. The molecule has 7 rings (SSSR count). The lowest BCUT2D eigenvalue weighted by Gasteiger charge is -2.14. The van der Waals surface area contributed by atoms with Crippen molar-refractivity contribution in [3.63, 3.8) is 0 Å². The maximum absolute atomic E-state index is 5.54. The molecule has 3 aromatic heterocycles. The van der Waals surface area contributed by atoms with E-state index >= 15 is 0 Å². The van der Waals surface area contributed by atoms with Crippen molar-refractivity contribution in [3.8, 4) is 33.0 Å². The van der Waals surface area contributed by atoms with E-state index in [-0.39, 0.29) is 14.9 Å². The molecular formula is C50H62N2S2. The van der Waals surface area contributed by atoms with E-state index < -0.39 is 0 Å². The van der Waals surface area contributed by atoms with E-state index in [1.165, 1.54) is 125 Å². The minimum Gasteiger partial charge on any atom is -0.244 e. The number of fused-ring (bicyclic) bond motifs is 4. The molecule has 0 radical (unpaired) electrons. The van der Waals surface area contributed by atoms with E-state index in [9.17, 15) is 0 Å². The lowest BCUT2D eigenvalue weighted by molar-refractivity contribution is 0.600. The first-order valence-corrected chi connectivity index (χ1v) is 21.6. The molecule has 0 aliphatic carbocycles. The molecule has 2 nitrogen and oxygen atoms in total. The van der Waals surface area contributed by atoms with E-state index in [1.54, 1.807) is 11.1 Å². The molecule has 0 atom stereocenters. The summed E-state index contributed by atoms with van der Waals surface area (Å²) in [5.74, 6) is 0. The van der Waals surface area contributed by atoms with E-state index in [1.807, 2.05) is 22.7 Å². The third-order valence-corrected chi connectivity index (χ3v) is 13.1. The molecule has 0 bridgehead atoms. The van der Waals surface area contributed by atoms with Crippen LogP contribution in [0.2, 0.25) is 0 Å². The van der Waals surface area contributed by atoms with Crippen LogP contribution in [-0.4, -0.2) is 9.97 Å². The monoisotopic (exact) mass is 754 g/mol. The molecule has 0 amide bonds. The van der Waals surface area contributed by atoms with Crippen molar-refractivity contribution in [1.29, 1.82) is 0 Å². The number of unbranched alkanes of at least 4 members (excludes halogenated alkanes) is 10. The van der Waals surface area contributed by atoms with Gasteiger partial charge in [0, 0.05) is 26.4 Å².